The van der Waals surface area contributed by atoms with Gasteiger partial charge in [-0.25, -0.2) is 0 Å². The van der Waals surface area contributed by atoms with Crippen LogP contribution in [-0.2, 0) is 0 Å². The first kappa shape index (κ1) is 17.2. The molecule has 0 atom stereocenters. The second kappa shape index (κ2) is 14.3. The van der Waals surface area contributed by atoms with E-state index in [0.717, 1.165) is 25.1 Å². The number of nitrogens with zero attached hydrogens (tertiary/aromatic N) is 1. The van der Waals surface area contributed by atoms with Crippen LogP contribution in [-0.4, -0.2) is 13.1 Å². The first-order valence-corrected chi connectivity index (χ1v) is 7.65. The summed E-state index contributed by atoms with van der Waals surface area (Å²) >= 11 is 0. The van der Waals surface area contributed by atoms with E-state index in [1.807, 2.05) is 0 Å². The van der Waals surface area contributed by atoms with Crippen LogP contribution in [0.5, 0.6) is 0 Å². The fourth-order valence-electron chi connectivity index (χ4n) is 1.90. The highest BCUT2D eigenvalue weighted by atomic mass is 14.8. The van der Waals surface area contributed by atoms with Gasteiger partial charge in [-0.05, 0) is 25.8 Å². The lowest BCUT2D eigenvalue weighted by Crippen LogP contribution is -2.17. The highest BCUT2D eigenvalue weighted by Gasteiger charge is 1.95. The second-order valence-corrected chi connectivity index (χ2v) is 4.93. The highest BCUT2D eigenvalue weighted by molar-refractivity contribution is 5.21. The van der Waals surface area contributed by atoms with Crippen LogP contribution in [0.2, 0.25) is 0 Å². The van der Waals surface area contributed by atoms with Gasteiger partial charge in [0.05, 0.1) is 6.07 Å². The molecule has 0 saturated heterocycles. The predicted octanol–water partition coefficient (Wildman–Crippen LogP) is 4.58. The van der Waals surface area contributed by atoms with Crippen LogP contribution in [0.1, 0.15) is 71.6 Å². The zero-order valence-corrected chi connectivity index (χ0v) is 12.3. The maximum Gasteiger partial charge on any atom is 0.0957 e. The number of unbranched alkanes of at least 4 members (excludes halogenated alkanes) is 7. The maximum absolute atomic E-state index is 9.01. The Morgan fingerprint density at radius 2 is 1.67 bits per heavy atom. The van der Waals surface area contributed by atoms with Crippen LogP contribution in [0.15, 0.2) is 11.6 Å². The summed E-state index contributed by atoms with van der Waals surface area (Å²) in [5, 5.41) is 12.4. The summed E-state index contributed by atoms with van der Waals surface area (Å²) in [5.41, 5.74) is 0.905. The summed E-state index contributed by atoms with van der Waals surface area (Å²) in [4.78, 5) is 0. The lowest BCUT2D eigenvalue weighted by molar-refractivity contribution is 0.616. The van der Waals surface area contributed by atoms with Crippen LogP contribution < -0.4 is 5.32 Å². The molecule has 0 aliphatic rings. The third-order valence-electron chi connectivity index (χ3n) is 3.11. The van der Waals surface area contributed by atoms with Gasteiger partial charge >= 0.3 is 0 Å². The van der Waals surface area contributed by atoms with Gasteiger partial charge in [0.15, 0.2) is 0 Å². The van der Waals surface area contributed by atoms with Gasteiger partial charge in [-0.15, -0.1) is 0 Å². The molecule has 0 amide bonds. The Kier molecular flexibility index (Phi) is 13.6. The molecule has 0 rings (SSSR count). The van der Waals surface area contributed by atoms with Crippen molar-refractivity contribution in [2.24, 2.45) is 0 Å². The maximum atomic E-state index is 9.01. The summed E-state index contributed by atoms with van der Waals surface area (Å²) in [6, 6.07) is 2.29. The first-order chi connectivity index (χ1) is 8.85. The van der Waals surface area contributed by atoms with Gasteiger partial charge in [0, 0.05) is 12.1 Å². The summed E-state index contributed by atoms with van der Waals surface area (Å²) in [5.74, 6) is 0. The Morgan fingerprint density at radius 3 is 2.28 bits per heavy atom. The van der Waals surface area contributed by atoms with Crippen LogP contribution in [0.3, 0.4) is 0 Å². The fraction of sp³-hybridized carbons (Fsp3) is 0.812. The molecule has 0 fully saturated rings. The van der Waals surface area contributed by atoms with Gasteiger partial charge in [-0.2, -0.15) is 5.26 Å². The van der Waals surface area contributed by atoms with Crippen LogP contribution in [0.25, 0.3) is 0 Å². The molecule has 0 aromatic heterocycles. The van der Waals surface area contributed by atoms with Gasteiger partial charge in [0.25, 0.3) is 0 Å². The SMILES string of the molecule is CCCCCCC=C(C#N)CNCCCCCC. The molecule has 0 spiro atoms. The Labute approximate surface area is 113 Å². The second-order valence-electron chi connectivity index (χ2n) is 4.93. The van der Waals surface area contributed by atoms with Gasteiger partial charge in [-0.3, -0.25) is 0 Å². The van der Waals surface area contributed by atoms with Crippen molar-refractivity contribution in [3.05, 3.63) is 11.6 Å². The van der Waals surface area contributed by atoms with Crippen molar-refractivity contribution in [3.63, 3.8) is 0 Å². The largest absolute Gasteiger partial charge is 0.312 e. The standard InChI is InChI=1S/C16H30N2/c1-3-5-7-9-10-12-16(14-17)15-18-13-11-8-6-4-2/h12,18H,3-11,13,15H2,1-2H3. The van der Waals surface area contributed by atoms with E-state index >= 15 is 0 Å². The summed E-state index contributed by atoms with van der Waals surface area (Å²) in [7, 11) is 0. The van der Waals surface area contributed by atoms with Crippen molar-refractivity contribution in [1.29, 1.82) is 5.26 Å². The zero-order chi connectivity index (χ0) is 13.5. The van der Waals surface area contributed by atoms with E-state index < -0.39 is 0 Å². The Balaban J connectivity index is 3.51. The molecule has 0 heterocycles. The Hall–Kier alpha value is -0.810. The number of allylic oxidation sites excluding steroid dienone is 1. The summed E-state index contributed by atoms with van der Waals surface area (Å²) < 4.78 is 0. The van der Waals surface area contributed by atoms with E-state index in [2.05, 4.69) is 31.3 Å². The summed E-state index contributed by atoms with van der Waals surface area (Å²) in [6.07, 6.45) is 13.4. The lowest BCUT2D eigenvalue weighted by Gasteiger charge is -2.03. The Bertz CT molecular complexity index is 238. The average Bonchev–Trinajstić information content (AvgIpc) is 2.40. The molecule has 0 unspecified atom stereocenters. The molecule has 2 nitrogen and oxygen atoms in total. The molecule has 0 aliphatic carbocycles. The molecule has 0 aromatic carbocycles. The zero-order valence-electron chi connectivity index (χ0n) is 12.3. The summed E-state index contributed by atoms with van der Waals surface area (Å²) in [6.45, 7) is 6.23. The van der Waals surface area contributed by atoms with Crippen molar-refractivity contribution in [3.8, 4) is 6.07 Å². The molecule has 2 heteroatoms. The molecule has 0 aromatic rings. The van der Waals surface area contributed by atoms with Crippen molar-refractivity contribution in [1.82, 2.24) is 5.32 Å². The molecule has 18 heavy (non-hydrogen) atoms. The van der Waals surface area contributed by atoms with E-state index in [1.165, 1.54) is 51.4 Å². The van der Waals surface area contributed by atoms with Crippen molar-refractivity contribution in [2.45, 2.75) is 71.6 Å². The molecule has 0 radical (unpaired) electrons. The number of nitrogens with one attached hydrogen (secondary N) is 1. The van der Waals surface area contributed by atoms with Crippen molar-refractivity contribution in [2.75, 3.05) is 13.1 Å². The van der Waals surface area contributed by atoms with Crippen molar-refractivity contribution < 1.29 is 0 Å². The third-order valence-corrected chi connectivity index (χ3v) is 3.11. The van der Waals surface area contributed by atoms with E-state index in [4.69, 9.17) is 5.26 Å². The average molecular weight is 250 g/mol. The number of hydrogen-bond acceptors (Lipinski definition) is 2. The first-order valence-electron chi connectivity index (χ1n) is 7.65. The van der Waals surface area contributed by atoms with Gasteiger partial charge in [-0.1, -0.05) is 58.4 Å². The quantitative estimate of drug-likeness (QED) is 0.406. The van der Waals surface area contributed by atoms with E-state index in [9.17, 15) is 0 Å². The highest BCUT2D eigenvalue weighted by Crippen LogP contribution is 2.05. The predicted molar refractivity (Wildman–Crippen MR) is 79.5 cm³/mol. The van der Waals surface area contributed by atoms with Gasteiger partial charge in [0.1, 0.15) is 0 Å². The van der Waals surface area contributed by atoms with E-state index in [1.54, 1.807) is 0 Å². The number of nitriles is 1. The normalized spacial score (nSPS) is 11.5. The van der Waals surface area contributed by atoms with Gasteiger partial charge < -0.3 is 5.32 Å². The minimum atomic E-state index is 0.746. The molecular formula is C16H30N2. The topological polar surface area (TPSA) is 35.8 Å². The van der Waals surface area contributed by atoms with Gasteiger partial charge in [0.2, 0.25) is 0 Å². The fourth-order valence-corrected chi connectivity index (χ4v) is 1.90. The molecule has 0 bridgehead atoms. The minimum Gasteiger partial charge on any atom is -0.312 e. The molecule has 104 valence electrons. The Morgan fingerprint density at radius 1 is 1.00 bits per heavy atom. The smallest absolute Gasteiger partial charge is 0.0957 e. The third kappa shape index (κ3) is 11.7. The van der Waals surface area contributed by atoms with E-state index in [0.29, 0.717) is 0 Å². The number of hydrogen-bond donors (Lipinski definition) is 1. The molecular weight excluding hydrogens is 220 g/mol. The van der Waals surface area contributed by atoms with Crippen LogP contribution >= 0.6 is 0 Å². The van der Waals surface area contributed by atoms with Crippen LogP contribution in [0, 0.1) is 11.3 Å². The molecule has 0 aliphatic heterocycles. The van der Waals surface area contributed by atoms with E-state index in [-0.39, 0.29) is 0 Å². The van der Waals surface area contributed by atoms with Crippen molar-refractivity contribution >= 4 is 0 Å². The van der Waals surface area contributed by atoms with Crippen LogP contribution in [0.4, 0.5) is 0 Å². The monoisotopic (exact) mass is 250 g/mol. The molecule has 1 N–H and O–H groups in total. The number of rotatable bonds is 12. The molecule has 0 saturated carbocycles. The minimum absolute atomic E-state index is 0.746. The lowest BCUT2D eigenvalue weighted by atomic mass is 10.1.